The van der Waals surface area contributed by atoms with Crippen molar-refractivity contribution in [3.8, 4) is 11.5 Å². The van der Waals surface area contributed by atoms with E-state index in [0.717, 1.165) is 38.0 Å². The van der Waals surface area contributed by atoms with Crippen LogP contribution in [0.15, 0.2) is 36.4 Å². The Morgan fingerprint density at radius 2 is 1.75 bits per heavy atom. The quantitative estimate of drug-likeness (QED) is 0.479. The minimum absolute atomic E-state index is 0.199. The monoisotopic (exact) mass is 495 g/mol. The molecule has 4 rings (SSSR count). The van der Waals surface area contributed by atoms with Crippen molar-refractivity contribution >= 4 is 28.5 Å². The third-order valence-electron chi connectivity index (χ3n) is 7.15. The molecule has 0 saturated carbocycles. The standard InChI is InChI=1S/C27H34FN5O3/c1-18(34)9-12-33-13-10-27(11-14-33,19-5-7-20(28)8-6-19)17-32(2)26-30-22-16-24(36-4)23(35-3)15-21(22)25(29)31-26/h5-8,15-16H,9-14,17H2,1-4H3,(H2,29,30,31). The number of Topliss-reactive ketones (excluding diaryl/α,β-unsaturated/α-hetero) is 1. The predicted octanol–water partition coefficient (Wildman–Crippen LogP) is 3.82. The summed E-state index contributed by atoms with van der Waals surface area (Å²) in [5, 5.41) is 0.692. The highest BCUT2D eigenvalue weighted by atomic mass is 19.1. The molecule has 0 amide bonds. The van der Waals surface area contributed by atoms with Gasteiger partial charge in [-0.1, -0.05) is 12.1 Å². The molecule has 8 nitrogen and oxygen atoms in total. The highest BCUT2D eigenvalue weighted by molar-refractivity contribution is 5.91. The summed E-state index contributed by atoms with van der Waals surface area (Å²) in [7, 11) is 5.11. The number of fused-ring (bicyclic) bond motifs is 1. The van der Waals surface area contributed by atoms with Gasteiger partial charge >= 0.3 is 0 Å². The number of aromatic nitrogens is 2. The molecule has 0 aliphatic carbocycles. The van der Waals surface area contributed by atoms with Gasteiger partial charge in [0.05, 0.1) is 19.7 Å². The molecule has 1 aliphatic heterocycles. The number of piperidine rings is 1. The third-order valence-corrected chi connectivity index (χ3v) is 7.15. The van der Waals surface area contributed by atoms with Crippen molar-refractivity contribution in [1.29, 1.82) is 0 Å². The Bertz CT molecular complexity index is 1230. The summed E-state index contributed by atoms with van der Waals surface area (Å²) in [6.07, 6.45) is 2.30. The second kappa shape index (κ2) is 10.7. The number of carbonyl (C=O) groups is 1. The van der Waals surface area contributed by atoms with Gasteiger partial charge in [0.2, 0.25) is 5.95 Å². The number of hydrogen-bond donors (Lipinski definition) is 1. The van der Waals surface area contributed by atoms with E-state index < -0.39 is 0 Å². The molecule has 0 atom stereocenters. The lowest BCUT2D eigenvalue weighted by atomic mass is 9.72. The van der Waals surface area contributed by atoms with Gasteiger partial charge in [-0.05, 0) is 56.6 Å². The van der Waals surface area contributed by atoms with Crippen molar-refractivity contribution in [1.82, 2.24) is 14.9 Å². The van der Waals surface area contributed by atoms with E-state index in [1.54, 1.807) is 33.3 Å². The van der Waals surface area contributed by atoms with Gasteiger partial charge in [-0.3, -0.25) is 4.79 Å². The van der Waals surface area contributed by atoms with Crippen molar-refractivity contribution in [2.45, 2.75) is 31.6 Å². The average molecular weight is 496 g/mol. The van der Waals surface area contributed by atoms with E-state index in [1.807, 2.05) is 24.1 Å². The van der Waals surface area contributed by atoms with Crippen LogP contribution in [0.5, 0.6) is 11.5 Å². The Hall–Kier alpha value is -3.46. The number of likely N-dealkylation sites (tertiary alicyclic amines) is 1. The minimum Gasteiger partial charge on any atom is -0.493 e. The van der Waals surface area contributed by atoms with E-state index in [0.29, 0.717) is 47.1 Å². The van der Waals surface area contributed by atoms with Gasteiger partial charge in [-0.25, -0.2) is 9.37 Å². The number of halogens is 1. The lowest BCUT2D eigenvalue weighted by Crippen LogP contribution is -2.49. The number of hydrogen-bond acceptors (Lipinski definition) is 8. The van der Waals surface area contributed by atoms with Crippen LogP contribution in [0.25, 0.3) is 10.9 Å². The molecule has 192 valence electrons. The van der Waals surface area contributed by atoms with Crippen LogP contribution >= 0.6 is 0 Å². The number of rotatable bonds is 9. The molecule has 2 N–H and O–H groups in total. The highest BCUT2D eigenvalue weighted by Crippen LogP contribution is 2.38. The van der Waals surface area contributed by atoms with E-state index >= 15 is 0 Å². The fraction of sp³-hybridized carbons (Fsp3) is 0.444. The van der Waals surface area contributed by atoms with Crippen LogP contribution in [0.3, 0.4) is 0 Å². The zero-order valence-electron chi connectivity index (χ0n) is 21.4. The lowest BCUT2D eigenvalue weighted by Gasteiger charge is -2.44. The second-order valence-corrected chi connectivity index (χ2v) is 9.57. The zero-order chi connectivity index (χ0) is 25.9. The van der Waals surface area contributed by atoms with Gasteiger partial charge in [-0.15, -0.1) is 0 Å². The number of nitrogens with zero attached hydrogens (tertiary/aromatic N) is 4. The fourth-order valence-corrected chi connectivity index (χ4v) is 5.02. The van der Waals surface area contributed by atoms with Crippen molar-refractivity contribution in [3.05, 3.63) is 47.8 Å². The Kier molecular flexibility index (Phi) is 7.59. The zero-order valence-corrected chi connectivity index (χ0v) is 21.4. The van der Waals surface area contributed by atoms with E-state index in [1.165, 1.54) is 12.1 Å². The molecule has 1 saturated heterocycles. The molecule has 3 aromatic rings. The first-order valence-corrected chi connectivity index (χ1v) is 12.1. The number of benzene rings is 2. The van der Waals surface area contributed by atoms with E-state index in [-0.39, 0.29) is 17.0 Å². The summed E-state index contributed by atoms with van der Waals surface area (Å²) >= 11 is 0. The molecular formula is C27H34FN5O3. The highest BCUT2D eigenvalue weighted by Gasteiger charge is 2.38. The number of likely N-dealkylation sites (N-methyl/N-ethyl adjacent to an activating group) is 1. The SMILES string of the molecule is COc1cc2nc(N(C)CC3(c4ccc(F)cc4)CCN(CCC(C)=O)CC3)nc(N)c2cc1OC. The number of nitrogen functional groups attached to an aromatic ring is 1. The lowest BCUT2D eigenvalue weighted by molar-refractivity contribution is -0.117. The summed E-state index contributed by atoms with van der Waals surface area (Å²) in [5.41, 5.74) is 7.86. The van der Waals surface area contributed by atoms with Crippen molar-refractivity contribution < 1.29 is 18.7 Å². The summed E-state index contributed by atoms with van der Waals surface area (Å²) in [6, 6.07) is 10.4. The molecule has 2 heterocycles. The molecule has 0 unspecified atom stereocenters. The molecular weight excluding hydrogens is 461 g/mol. The number of ketones is 1. The van der Waals surface area contributed by atoms with Gasteiger partial charge in [0.1, 0.15) is 17.4 Å². The topological polar surface area (TPSA) is 93.8 Å². The largest absolute Gasteiger partial charge is 0.493 e. The van der Waals surface area contributed by atoms with Gasteiger partial charge in [0.25, 0.3) is 0 Å². The van der Waals surface area contributed by atoms with Crippen LogP contribution in [0, 0.1) is 5.82 Å². The molecule has 2 aromatic carbocycles. The van der Waals surface area contributed by atoms with Crippen LogP contribution in [0.4, 0.5) is 16.2 Å². The van der Waals surface area contributed by atoms with Crippen LogP contribution in [0.1, 0.15) is 31.7 Å². The maximum absolute atomic E-state index is 13.7. The first-order valence-electron chi connectivity index (χ1n) is 12.1. The summed E-state index contributed by atoms with van der Waals surface area (Å²) in [4.78, 5) is 25.2. The molecule has 0 radical (unpaired) electrons. The Morgan fingerprint density at radius 3 is 2.36 bits per heavy atom. The van der Waals surface area contributed by atoms with Gasteiger partial charge < -0.3 is 25.0 Å². The Balaban J connectivity index is 1.63. The maximum Gasteiger partial charge on any atom is 0.227 e. The number of methoxy groups -OCH3 is 2. The first-order chi connectivity index (χ1) is 17.2. The smallest absolute Gasteiger partial charge is 0.227 e. The Morgan fingerprint density at radius 1 is 1.11 bits per heavy atom. The first kappa shape index (κ1) is 25.6. The van der Waals surface area contributed by atoms with Crippen LogP contribution in [0.2, 0.25) is 0 Å². The number of nitrogens with two attached hydrogens (primary N) is 1. The fourth-order valence-electron chi connectivity index (χ4n) is 5.02. The normalized spacial score (nSPS) is 15.6. The van der Waals surface area contributed by atoms with Crippen molar-refractivity contribution in [3.63, 3.8) is 0 Å². The van der Waals surface area contributed by atoms with E-state index in [2.05, 4.69) is 9.88 Å². The summed E-state index contributed by atoms with van der Waals surface area (Å²) in [5.74, 6) is 1.94. The summed E-state index contributed by atoms with van der Waals surface area (Å²) < 4.78 is 24.6. The minimum atomic E-state index is -0.254. The van der Waals surface area contributed by atoms with Gasteiger partial charge in [-0.2, -0.15) is 4.98 Å². The molecule has 1 aliphatic rings. The van der Waals surface area contributed by atoms with Crippen LogP contribution in [-0.4, -0.2) is 68.1 Å². The van der Waals surface area contributed by atoms with Crippen molar-refractivity contribution in [2.24, 2.45) is 0 Å². The maximum atomic E-state index is 13.7. The average Bonchev–Trinajstić information content (AvgIpc) is 2.87. The summed E-state index contributed by atoms with van der Waals surface area (Å²) in [6.45, 7) is 4.74. The third kappa shape index (κ3) is 5.36. The predicted molar refractivity (Wildman–Crippen MR) is 139 cm³/mol. The van der Waals surface area contributed by atoms with Gasteiger partial charge in [0.15, 0.2) is 11.5 Å². The van der Waals surface area contributed by atoms with E-state index in [4.69, 9.17) is 20.2 Å². The Labute approximate surface area is 211 Å². The molecule has 0 bridgehead atoms. The van der Waals surface area contributed by atoms with Crippen LogP contribution in [-0.2, 0) is 10.2 Å². The number of ether oxygens (including phenoxy) is 2. The molecule has 9 heteroatoms. The number of anilines is 2. The molecule has 36 heavy (non-hydrogen) atoms. The molecule has 1 aromatic heterocycles. The molecule has 0 spiro atoms. The van der Waals surface area contributed by atoms with Crippen LogP contribution < -0.4 is 20.1 Å². The molecule has 1 fully saturated rings. The van der Waals surface area contributed by atoms with Gasteiger partial charge in [0, 0.05) is 43.4 Å². The van der Waals surface area contributed by atoms with E-state index in [9.17, 15) is 9.18 Å². The number of carbonyl (C=O) groups excluding carboxylic acids is 1. The van der Waals surface area contributed by atoms with Crippen molar-refractivity contribution in [2.75, 3.05) is 58.1 Å². The second-order valence-electron chi connectivity index (χ2n) is 9.57.